The number of amides is 1. The summed E-state index contributed by atoms with van der Waals surface area (Å²) in [4.78, 5) is 28.1. The third kappa shape index (κ3) is 4.36. The molecule has 1 N–H and O–H groups in total. The molecule has 1 heterocycles. The van der Waals surface area contributed by atoms with Gasteiger partial charge in [-0.05, 0) is 49.4 Å². The van der Waals surface area contributed by atoms with Crippen LogP contribution >= 0.6 is 0 Å². The molecule has 5 nitrogen and oxygen atoms in total. The molecule has 1 amide bonds. The summed E-state index contributed by atoms with van der Waals surface area (Å²) in [5, 5.41) is 10.8. The Morgan fingerprint density at radius 3 is 2.39 bits per heavy atom. The number of carbonyl (C=O) groups is 2. The lowest BCUT2D eigenvalue weighted by Gasteiger charge is -2.32. The maximum Gasteiger partial charge on any atom is 0.290 e. The molecule has 1 saturated carbocycles. The van der Waals surface area contributed by atoms with E-state index < -0.39 is 11.9 Å². The topological polar surface area (TPSA) is 66.8 Å². The molecule has 5 heteroatoms. The summed E-state index contributed by atoms with van der Waals surface area (Å²) in [6, 6.07) is 16.8. The first-order chi connectivity index (χ1) is 15.1. The minimum absolute atomic E-state index is 0.0469. The van der Waals surface area contributed by atoms with Crippen molar-refractivity contribution in [3.8, 4) is 5.75 Å². The van der Waals surface area contributed by atoms with E-state index in [1.807, 2.05) is 61.5 Å². The Kier molecular flexibility index (Phi) is 6.40. The van der Waals surface area contributed by atoms with Gasteiger partial charge in [0, 0.05) is 12.5 Å². The fraction of sp³-hybridized carbons (Fsp3) is 0.385. The van der Waals surface area contributed by atoms with Crippen LogP contribution in [0.5, 0.6) is 5.75 Å². The van der Waals surface area contributed by atoms with Crippen LogP contribution in [-0.2, 0) is 16.0 Å². The van der Waals surface area contributed by atoms with Gasteiger partial charge in [-0.15, -0.1) is 0 Å². The van der Waals surface area contributed by atoms with Gasteiger partial charge in [0.05, 0.1) is 18.2 Å². The molecule has 1 aliphatic heterocycles. The minimum Gasteiger partial charge on any atom is -0.503 e. The summed E-state index contributed by atoms with van der Waals surface area (Å²) in [7, 11) is 0. The highest BCUT2D eigenvalue weighted by Gasteiger charge is 2.46. The van der Waals surface area contributed by atoms with Crippen molar-refractivity contribution in [2.45, 2.75) is 57.5 Å². The Morgan fingerprint density at radius 2 is 1.74 bits per heavy atom. The number of ketones is 1. The lowest BCUT2D eigenvalue weighted by molar-refractivity contribution is -0.131. The number of carbonyl (C=O) groups excluding carboxylic acids is 2. The molecule has 162 valence electrons. The molecule has 0 radical (unpaired) electrons. The van der Waals surface area contributed by atoms with Crippen LogP contribution in [0.15, 0.2) is 65.9 Å². The Morgan fingerprint density at radius 1 is 1.06 bits per heavy atom. The molecule has 1 atom stereocenters. The van der Waals surface area contributed by atoms with Crippen molar-refractivity contribution >= 4 is 11.7 Å². The second-order valence-corrected chi connectivity index (χ2v) is 8.23. The van der Waals surface area contributed by atoms with Crippen LogP contribution < -0.4 is 4.74 Å². The summed E-state index contributed by atoms with van der Waals surface area (Å²) < 4.78 is 5.55. The molecule has 0 aromatic heterocycles. The van der Waals surface area contributed by atoms with Gasteiger partial charge in [-0.1, -0.05) is 55.3 Å². The van der Waals surface area contributed by atoms with E-state index in [0.29, 0.717) is 13.0 Å². The smallest absolute Gasteiger partial charge is 0.290 e. The predicted molar refractivity (Wildman–Crippen MR) is 119 cm³/mol. The number of nitrogens with zero attached hydrogens (tertiary/aromatic N) is 1. The molecule has 2 aromatic rings. The third-order valence-corrected chi connectivity index (χ3v) is 6.25. The zero-order valence-electron chi connectivity index (χ0n) is 17.9. The van der Waals surface area contributed by atoms with Crippen molar-refractivity contribution in [3.05, 3.63) is 77.1 Å². The fourth-order valence-electron chi connectivity index (χ4n) is 4.74. The van der Waals surface area contributed by atoms with Gasteiger partial charge in [-0.3, -0.25) is 9.59 Å². The standard InChI is InChI=1S/C26H29NO4/c1-2-31-21-15-13-19(14-16-21)24-23(22(28)17-12-18-8-4-3-5-9-18)25(29)26(30)27(24)20-10-6-7-11-20/h3-5,8-9,13-16,20,24,29H,2,6-7,10-12,17H2,1H3. The van der Waals surface area contributed by atoms with Crippen LogP contribution in [0.1, 0.15) is 56.2 Å². The Labute approximate surface area is 183 Å². The first-order valence-electron chi connectivity index (χ1n) is 11.2. The number of hydrogen-bond donors (Lipinski definition) is 1. The number of aryl methyl sites for hydroxylation is 1. The van der Waals surface area contributed by atoms with E-state index in [1.165, 1.54) is 0 Å². The SMILES string of the molecule is CCOc1ccc(C2C(C(=O)CCc3ccccc3)=C(O)C(=O)N2C2CCCC2)cc1. The van der Waals surface area contributed by atoms with Crippen molar-refractivity contribution in [1.82, 2.24) is 4.90 Å². The number of benzene rings is 2. The normalized spacial score (nSPS) is 19.3. The summed E-state index contributed by atoms with van der Waals surface area (Å²) >= 11 is 0. The van der Waals surface area contributed by atoms with Crippen molar-refractivity contribution in [2.24, 2.45) is 0 Å². The average molecular weight is 420 g/mol. The van der Waals surface area contributed by atoms with Gasteiger partial charge in [-0.25, -0.2) is 0 Å². The van der Waals surface area contributed by atoms with E-state index in [-0.39, 0.29) is 29.6 Å². The van der Waals surface area contributed by atoms with Crippen molar-refractivity contribution in [2.75, 3.05) is 6.61 Å². The van der Waals surface area contributed by atoms with Gasteiger partial charge < -0.3 is 14.7 Å². The van der Waals surface area contributed by atoms with Crippen LogP contribution in [-0.4, -0.2) is 34.3 Å². The number of Topliss-reactive ketones (excluding diaryl/α,β-unsaturated/α-hetero) is 1. The molecule has 2 aliphatic rings. The Balaban J connectivity index is 1.64. The van der Waals surface area contributed by atoms with Gasteiger partial charge in [0.2, 0.25) is 0 Å². The van der Waals surface area contributed by atoms with E-state index in [2.05, 4.69) is 0 Å². The minimum atomic E-state index is -0.547. The number of hydrogen-bond acceptors (Lipinski definition) is 4. The molecular formula is C26H29NO4. The van der Waals surface area contributed by atoms with E-state index >= 15 is 0 Å². The number of ether oxygens (including phenoxy) is 1. The fourth-order valence-corrected chi connectivity index (χ4v) is 4.74. The highest BCUT2D eigenvalue weighted by molar-refractivity contribution is 6.09. The summed E-state index contributed by atoms with van der Waals surface area (Å²) in [6.07, 6.45) is 4.74. The molecule has 1 unspecified atom stereocenters. The van der Waals surface area contributed by atoms with Crippen LogP contribution in [0.25, 0.3) is 0 Å². The molecule has 31 heavy (non-hydrogen) atoms. The van der Waals surface area contributed by atoms with Crippen LogP contribution in [0.2, 0.25) is 0 Å². The molecule has 4 rings (SSSR count). The second-order valence-electron chi connectivity index (χ2n) is 8.23. The quantitative estimate of drug-likeness (QED) is 0.659. The highest BCUT2D eigenvalue weighted by atomic mass is 16.5. The summed E-state index contributed by atoms with van der Waals surface area (Å²) in [6.45, 7) is 2.50. The molecule has 0 bridgehead atoms. The van der Waals surface area contributed by atoms with Crippen LogP contribution in [0.4, 0.5) is 0 Å². The molecular weight excluding hydrogens is 390 g/mol. The molecule has 0 saturated heterocycles. The molecule has 1 aliphatic carbocycles. The Hall–Kier alpha value is -3.08. The van der Waals surface area contributed by atoms with Gasteiger partial charge in [-0.2, -0.15) is 0 Å². The summed E-state index contributed by atoms with van der Waals surface area (Å²) in [5.41, 5.74) is 2.12. The summed E-state index contributed by atoms with van der Waals surface area (Å²) in [5.74, 6) is -0.236. The Bertz CT molecular complexity index is 959. The lowest BCUT2D eigenvalue weighted by Crippen LogP contribution is -2.38. The largest absolute Gasteiger partial charge is 0.503 e. The molecule has 1 fully saturated rings. The van der Waals surface area contributed by atoms with E-state index in [9.17, 15) is 14.7 Å². The lowest BCUT2D eigenvalue weighted by atomic mass is 9.92. The number of aliphatic hydroxyl groups excluding tert-OH is 1. The van der Waals surface area contributed by atoms with E-state index in [0.717, 1.165) is 42.6 Å². The molecule has 0 spiro atoms. The molecule has 2 aromatic carbocycles. The van der Waals surface area contributed by atoms with Crippen molar-refractivity contribution in [1.29, 1.82) is 0 Å². The second kappa shape index (κ2) is 9.38. The van der Waals surface area contributed by atoms with Gasteiger partial charge in [0.1, 0.15) is 5.75 Å². The third-order valence-electron chi connectivity index (χ3n) is 6.25. The van der Waals surface area contributed by atoms with Gasteiger partial charge in [0.25, 0.3) is 5.91 Å². The zero-order valence-corrected chi connectivity index (χ0v) is 17.9. The number of aliphatic hydroxyl groups is 1. The van der Waals surface area contributed by atoms with Crippen molar-refractivity contribution < 1.29 is 19.4 Å². The predicted octanol–water partition coefficient (Wildman–Crippen LogP) is 4.93. The van der Waals surface area contributed by atoms with Crippen molar-refractivity contribution in [3.63, 3.8) is 0 Å². The van der Waals surface area contributed by atoms with E-state index in [1.54, 1.807) is 4.90 Å². The highest BCUT2D eigenvalue weighted by Crippen LogP contribution is 2.43. The van der Waals surface area contributed by atoms with Gasteiger partial charge in [0.15, 0.2) is 11.5 Å². The number of rotatable bonds is 8. The van der Waals surface area contributed by atoms with Crippen LogP contribution in [0.3, 0.4) is 0 Å². The zero-order chi connectivity index (χ0) is 21.8. The van der Waals surface area contributed by atoms with Gasteiger partial charge >= 0.3 is 0 Å². The first-order valence-corrected chi connectivity index (χ1v) is 11.2. The monoisotopic (exact) mass is 419 g/mol. The average Bonchev–Trinajstić information content (AvgIpc) is 3.40. The van der Waals surface area contributed by atoms with Crippen LogP contribution in [0, 0.1) is 0 Å². The van der Waals surface area contributed by atoms with E-state index in [4.69, 9.17) is 4.74 Å². The maximum absolute atomic E-state index is 13.3. The maximum atomic E-state index is 13.3. The first kappa shape index (κ1) is 21.2.